The van der Waals surface area contributed by atoms with E-state index in [-0.39, 0.29) is 16.8 Å². The van der Waals surface area contributed by atoms with E-state index in [1.54, 1.807) is 47.4 Å². The van der Waals surface area contributed by atoms with Crippen LogP contribution in [0.15, 0.2) is 89.8 Å². The number of aryl methyl sites for hydroxylation is 1. The summed E-state index contributed by atoms with van der Waals surface area (Å²) in [5, 5.41) is 3.16. The summed E-state index contributed by atoms with van der Waals surface area (Å²) in [6, 6.07) is 24.7. The van der Waals surface area contributed by atoms with Gasteiger partial charge in [0.2, 0.25) is 11.8 Å². The molecule has 1 atom stereocenters. The maximum absolute atomic E-state index is 14.2. The van der Waals surface area contributed by atoms with Gasteiger partial charge in [-0.25, -0.2) is 8.42 Å². The summed E-state index contributed by atoms with van der Waals surface area (Å²) in [7, 11) is -4.07. The van der Waals surface area contributed by atoms with Crippen molar-refractivity contribution in [3.63, 3.8) is 0 Å². The van der Waals surface area contributed by atoms with Crippen LogP contribution in [0.5, 0.6) is 0 Å². The molecular formula is C33H41N3O4S. The second-order valence-corrected chi connectivity index (χ2v) is 12.4. The van der Waals surface area contributed by atoms with Gasteiger partial charge in [0.05, 0.1) is 10.6 Å². The van der Waals surface area contributed by atoms with Gasteiger partial charge in [0.15, 0.2) is 0 Å². The standard InChI is InChI=1S/C33H41N3O4S/c1-3-27-17-11-14-22-31(27)36(41(39,40)29-20-9-6-10-21-29)25-32(37)35(24-23-26-15-7-5-8-16-26)30(4-2)33(38)34-28-18-12-13-19-28/h5-11,14-17,20-22,28,30H,3-4,12-13,18-19,23-25H2,1-2H3,(H,34,38). The van der Waals surface area contributed by atoms with E-state index in [0.29, 0.717) is 31.5 Å². The number of hydrogen-bond donors (Lipinski definition) is 1. The molecule has 1 saturated carbocycles. The lowest BCUT2D eigenvalue weighted by Crippen LogP contribution is -2.54. The molecule has 218 valence electrons. The minimum atomic E-state index is -4.07. The molecule has 1 fully saturated rings. The van der Waals surface area contributed by atoms with Gasteiger partial charge in [-0.3, -0.25) is 13.9 Å². The second-order valence-electron chi connectivity index (χ2n) is 10.5. The van der Waals surface area contributed by atoms with Gasteiger partial charge in [0, 0.05) is 12.6 Å². The van der Waals surface area contributed by atoms with Crippen molar-refractivity contribution in [1.82, 2.24) is 10.2 Å². The van der Waals surface area contributed by atoms with Gasteiger partial charge in [-0.2, -0.15) is 0 Å². The lowest BCUT2D eigenvalue weighted by atomic mass is 10.1. The average molecular weight is 576 g/mol. The van der Waals surface area contributed by atoms with Gasteiger partial charge >= 0.3 is 0 Å². The zero-order chi connectivity index (χ0) is 29.2. The first-order valence-electron chi connectivity index (χ1n) is 14.6. The molecule has 7 nitrogen and oxygen atoms in total. The number of hydrogen-bond acceptors (Lipinski definition) is 4. The van der Waals surface area contributed by atoms with E-state index in [0.717, 1.165) is 36.8 Å². The molecule has 0 saturated heterocycles. The van der Waals surface area contributed by atoms with Crippen LogP contribution in [0.4, 0.5) is 5.69 Å². The van der Waals surface area contributed by atoms with Crippen LogP contribution in [0.1, 0.15) is 57.1 Å². The lowest BCUT2D eigenvalue weighted by Gasteiger charge is -2.34. The van der Waals surface area contributed by atoms with Crippen molar-refractivity contribution in [2.24, 2.45) is 0 Å². The zero-order valence-corrected chi connectivity index (χ0v) is 24.9. The Bertz CT molecular complexity index is 1390. The molecule has 1 unspecified atom stereocenters. The van der Waals surface area contributed by atoms with Crippen molar-refractivity contribution in [1.29, 1.82) is 0 Å². The molecule has 0 bridgehead atoms. The number of nitrogens with zero attached hydrogens (tertiary/aromatic N) is 2. The summed E-state index contributed by atoms with van der Waals surface area (Å²) in [6.45, 7) is 3.75. The molecule has 0 radical (unpaired) electrons. The highest BCUT2D eigenvalue weighted by atomic mass is 32.2. The normalized spacial score (nSPS) is 14.4. The lowest BCUT2D eigenvalue weighted by molar-refractivity contribution is -0.139. The molecule has 0 aromatic heterocycles. The SMILES string of the molecule is CCc1ccccc1N(CC(=O)N(CCc1ccccc1)C(CC)C(=O)NC1CCCC1)S(=O)(=O)c1ccccc1. The Kier molecular flexibility index (Phi) is 10.6. The Balaban J connectivity index is 1.69. The fourth-order valence-electron chi connectivity index (χ4n) is 5.55. The van der Waals surface area contributed by atoms with Crippen LogP contribution in [0.2, 0.25) is 0 Å². The van der Waals surface area contributed by atoms with Crippen LogP contribution in [0, 0.1) is 0 Å². The smallest absolute Gasteiger partial charge is 0.264 e. The number of rotatable bonds is 13. The Morgan fingerprint density at radius 3 is 2.12 bits per heavy atom. The fourth-order valence-corrected chi connectivity index (χ4v) is 7.02. The van der Waals surface area contributed by atoms with E-state index in [1.807, 2.05) is 56.3 Å². The quantitative estimate of drug-likeness (QED) is 0.298. The van der Waals surface area contributed by atoms with Crippen LogP contribution < -0.4 is 9.62 Å². The van der Waals surface area contributed by atoms with Gasteiger partial charge in [0.25, 0.3) is 10.0 Å². The van der Waals surface area contributed by atoms with Crippen molar-refractivity contribution in [2.75, 3.05) is 17.4 Å². The highest BCUT2D eigenvalue weighted by Crippen LogP contribution is 2.28. The van der Waals surface area contributed by atoms with Gasteiger partial charge < -0.3 is 10.2 Å². The Morgan fingerprint density at radius 1 is 0.878 bits per heavy atom. The molecule has 0 aliphatic heterocycles. The number of benzene rings is 3. The summed E-state index contributed by atoms with van der Waals surface area (Å²) in [5.74, 6) is -0.577. The number of anilines is 1. The van der Waals surface area contributed by atoms with Crippen LogP contribution in [0.3, 0.4) is 0 Å². The highest BCUT2D eigenvalue weighted by Gasteiger charge is 2.34. The third-order valence-corrected chi connectivity index (χ3v) is 9.60. The first kappa shape index (κ1) is 30.3. The van der Waals surface area contributed by atoms with Crippen LogP contribution >= 0.6 is 0 Å². The molecule has 8 heteroatoms. The minimum Gasteiger partial charge on any atom is -0.352 e. The molecule has 2 amide bonds. The third-order valence-electron chi connectivity index (χ3n) is 7.82. The summed E-state index contributed by atoms with van der Waals surface area (Å²) in [4.78, 5) is 29.4. The topological polar surface area (TPSA) is 86.8 Å². The van der Waals surface area contributed by atoms with Crippen molar-refractivity contribution in [3.05, 3.63) is 96.1 Å². The predicted octanol–water partition coefficient (Wildman–Crippen LogP) is 5.35. The van der Waals surface area contributed by atoms with Crippen molar-refractivity contribution >= 4 is 27.5 Å². The summed E-state index contributed by atoms with van der Waals surface area (Å²) < 4.78 is 29.2. The Morgan fingerprint density at radius 2 is 1.49 bits per heavy atom. The van der Waals surface area contributed by atoms with Gasteiger partial charge in [-0.1, -0.05) is 93.4 Å². The number of carbonyl (C=O) groups excluding carboxylic acids is 2. The maximum atomic E-state index is 14.2. The van der Waals surface area contributed by atoms with Crippen molar-refractivity contribution < 1.29 is 18.0 Å². The monoisotopic (exact) mass is 575 g/mol. The Labute approximate surface area is 244 Å². The number of nitrogens with one attached hydrogen (secondary N) is 1. The summed E-state index contributed by atoms with van der Waals surface area (Å²) >= 11 is 0. The molecule has 1 aliphatic rings. The zero-order valence-electron chi connectivity index (χ0n) is 24.0. The molecule has 3 aromatic rings. The van der Waals surface area contributed by atoms with E-state index < -0.39 is 28.5 Å². The van der Waals surface area contributed by atoms with Crippen LogP contribution in [0.25, 0.3) is 0 Å². The van der Waals surface area contributed by atoms with Gasteiger partial charge in [0.1, 0.15) is 12.6 Å². The molecular weight excluding hydrogens is 534 g/mol. The van der Waals surface area contributed by atoms with Gasteiger partial charge in [-0.05, 0) is 61.4 Å². The first-order valence-corrected chi connectivity index (χ1v) is 16.1. The molecule has 1 N–H and O–H groups in total. The first-order chi connectivity index (χ1) is 19.8. The van der Waals surface area contributed by atoms with E-state index in [1.165, 1.54) is 4.31 Å². The summed E-state index contributed by atoms with van der Waals surface area (Å²) in [6.07, 6.45) is 5.63. The number of para-hydroxylation sites is 1. The minimum absolute atomic E-state index is 0.112. The largest absolute Gasteiger partial charge is 0.352 e. The number of carbonyl (C=O) groups is 2. The molecule has 4 rings (SSSR count). The highest BCUT2D eigenvalue weighted by molar-refractivity contribution is 7.92. The Hall–Kier alpha value is -3.65. The molecule has 3 aromatic carbocycles. The summed E-state index contributed by atoms with van der Waals surface area (Å²) in [5.41, 5.74) is 2.33. The van der Waals surface area contributed by atoms with Crippen LogP contribution in [-0.4, -0.2) is 50.3 Å². The third kappa shape index (κ3) is 7.55. The van der Waals surface area contributed by atoms with Crippen LogP contribution in [-0.2, 0) is 32.5 Å². The average Bonchev–Trinajstić information content (AvgIpc) is 3.51. The second kappa shape index (κ2) is 14.3. The van der Waals surface area contributed by atoms with Crippen molar-refractivity contribution in [2.45, 2.75) is 75.8 Å². The van der Waals surface area contributed by atoms with E-state index in [4.69, 9.17) is 0 Å². The van der Waals surface area contributed by atoms with Crippen molar-refractivity contribution in [3.8, 4) is 0 Å². The molecule has 41 heavy (non-hydrogen) atoms. The molecule has 1 aliphatic carbocycles. The predicted molar refractivity (Wildman–Crippen MR) is 163 cm³/mol. The van der Waals surface area contributed by atoms with E-state index in [9.17, 15) is 18.0 Å². The van der Waals surface area contributed by atoms with E-state index >= 15 is 0 Å². The number of amides is 2. The molecule has 0 heterocycles. The number of sulfonamides is 1. The maximum Gasteiger partial charge on any atom is 0.264 e. The fraction of sp³-hybridized carbons (Fsp3) is 0.394. The van der Waals surface area contributed by atoms with E-state index in [2.05, 4.69) is 5.32 Å². The van der Waals surface area contributed by atoms with Gasteiger partial charge in [-0.15, -0.1) is 0 Å². The molecule has 0 spiro atoms.